The molecule has 0 spiro atoms. The second kappa shape index (κ2) is 26.1. The maximum Gasteiger partial charge on any atom is 0.332 e. The first-order valence-corrected chi connectivity index (χ1v) is 24.9. The van der Waals surface area contributed by atoms with E-state index in [-0.39, 0.29) is 72.7 Å². The lowest BCUT2D eigenvalue weighted by Gasteiger charge is -2.25. The lowest BCUT2D eigenvalue weighted by molar-refractivity contribution is -0.160. The summed E-state index contributed by atoms with van der Waals surface area (Å²) in [5.74, 6) is 0.522. The molecule has 0 aromatic heterocycles. The van der Waals surface area contributed by atoms with Crippen molar-refractivity contribution in [3.05, 3.63) is 118 Å². The Morgan fingerprint density at radius 1 is 0.600 bits per heavy atom. The van der Waals surface area contributed by atoms with E-state index in [1.807, 2.05) is 81.4 Å². The molecule has 4 aromatic carbocycles. The topological polar surface area (TPSA) is 175 Å². The summed E-state index contributed by atoms with van der Waals surface area (Å²) in [7, 11) is -4.46. The molecule has 0 bridgehead atoms. The first-order chi connectivity index (χ1) is 30.3. The van der Waals surface area contributed by atoms with Crippen molar-refractivity contribution < 1.29 is 55.2 Å². The van der Waals surface area contributed by atoms with Crippen molar-refractivity contribution in [3.8, 4) is 11.5 Å². The van der Waals surface area contributed by atoms with Crippen LogP contribution in [0.1, 0.15) is 74.9 Å². The first kappa shape index (κ1) is 56.8. The number of carbonyl (C=O) groups excluding carboxylic acids is 2. The summed E-state index contributed by atoms with van der Waals surface area (Å²) >= 11 is 2.99. The Morgan fingerprint density at radius 3 is 1.26 bits per heavy atom. The lowest BCUT2D eigenvalue weighted by atomic mass is 10.1. The monoisotopic (exact) mass is 1010 g/mol. The molecule has 0 radical (unpaired) electrons. The number of carbonyl (C=O) groups is 2. The van der Waals surface area contributed by atoms with Gasteiger partial charge in [0.25, 0.3) is 0 Å². The van der Waals surface area contributed by atoms with Gasteiger partial charge in [0, 0.05) is 26.2 Å². The van der Waals surface area contributed by atoms with Gasteiger partial charge in [-0.1, -0.05) is 76.6 Å². The second-order valence-electron chi connectivity index (χ2n) is 16.9. The molecule has 0 aliphatic heterocycles. The summed E-state index contributed by atoms with van der Waals surface area (Å²) in [5, 5.41) is 9.59. The van der Waals surface area contributed by atoms with Crippen LogP contribution in [-0.4, -0.2) is 106 Å². The summed E-state index contributed by atoms with van der Waals surface area (Å²) < 4.78 is 82.3. The number of nitrogens with zero attached hydrogens (tertiary/aromatic N) is 2. The van der Waals surface area contributed by atoms with Gasteiger partial charge in [-0.05, 0) is 127 Å². The molecule has 14 nitrogen and oxygen atoms in total. The third-order valence-electron chi connectivity index (χ3n) is 8.94. The quantitative estimate of drug-likeness (QED) is 0.0578. The minimum Gasteiger partial charge on any atom is -0.497 e. The molecule has 4 rings (SSSR count). The zero-order chi connectivity index (χ0) is 49.2. The standard InChI is InChI=1S/C24H33NO6S.C18H23NO4S.C6H11BrO2/c1-18-14-21(29-6)15-19(2)23(18)32(27,28)25(16-20-10-8-7-9-11-20)12-13-30-17-22(26)31-24(3,4)5;1-14-11-17(23-3)12-15(2)18(14)24(21,22)19(9-10-20)13-16-7-5-4-6-8-16;1-6(2,3)9-5(8)4-7/h7-11,14-15H,12-13,16-17H2,1-6H3;4-8,11-12,20H,9-10,13H2,1-3H3;4H2,1-3H3. The number of aliphatic hydroxyl groups is 1. The Hall–Kier alpha value is -4.36. The van der Waals surface area contributed by atoms with E-state index in [1.165, 1.54) is 8.61 Å². The summed E-state index contributed by atoms with van der Waals surface area (Å²) in [6, 6.07) is 25.5. The molecule has 17 heteroatoms. The van der Waals surface area contributed by atoms with Gasteiger partial charge in [-0.15, -0.1) is 0 Å². The maximum absolute atomic E-state index is 13.6. The van der Waals surface area contributed by atoms with E-state index in [1.54, 1.807) is 87.0 Å². The van der Waals surface area contributed by atoms with Crippen molar-refractivity contribution in [2.45, 2.75) is 103 Å². The predicted octanol–water partition coefficient (Wildman–Crippen LogP) is 8.08. The Balaban J connectivity index is 0.000000386. The highest BCUT2D eigenvalue weighted by Gasteiger charge is 2.30. The number of aryl methyl sites for hydroxylation is 4. The maximum atomic E-state index is 13.6. The van der Waals surface area contributed by atoms with Crippen molar-refractivity contribution in [2.75, 3.05) is 52.5 Å². The number of methoxy groups -OCH3 is 2. The highest BCUT2D eigenvalue weighted by Crippen LogP contribution is 2.30. The van der Waals surface area contributed by atoms with Crippen LogP contribution in [0.25, 0.3) is 0 Å². The minimum atomic E-state index is -3.83. The van der Waals surface area contributed by atoms with Crippen LogP contribution in [0.4, 0.5) is 0 Å². The fourth-order valence-electron chi connectivity index (χ4n) is 6.44. The van der Waals surface area contributed by atoms with Crippen LogP contribution in [0.15, 0.2) is 94.7 Å². The number of sulfonamides is 2. The molecule has 0 saturated heterocycles. The number of rotatable bonds is 18. The van der Waals surface area contributed by atoms with E-state index < -0.39 is 31.6 Å². The van der Waals surface area contributed by atoms with Gasteiger partial charge in [-0.3, -0.25) is 4.79 Å². The Kier molecular flexibility index (Phi) is 22.8. The molecule has 0 atom stereocenters. The van der Waals surface area contributed by atoms with Crippen molar-refractivity contribution in [2.24, 2.45) is 0 Å². The Morgan fingerprint density at radius 2 is 0.954 bits per heavy atom. The van der Waals surface area contributed by atoms with Crippen LogP contribution in [0, 0.1) is 27.7 Å². The second-order valence-corrected chi connectivity index (χ2v) is 21.2. The zero-order valence-corrected chi connectivity index (χ0v) is 43.0. The average Bonchev–Trinajstić information content (AvgIpc) is 3.21. The fraction of sp³-hybridized carbons (Fsp3) is 0.458. The summed E-state index contributed by atoms with van der Waals surface area (Å²) in [4.78, 5) is 23.0. The van der Waals surface area contributed by atoms with Gasteiger partial charge in [0.05, 0.1) is 37.2 Å². The molecule has 0 unspecified atom stereocenters. The molecule has 0 aliphatic carbocycles. The summed E-state index contributed by atoms with van der Waals surface area (Å²) in [6.07, 6.45) is 0. The van der Waals surface area contributed by atoms with Crippen LogP contribution in [0.3, 0.4) is 0 Å². The van der Waals surface area contributed by atoms with Crippen LogP contribution in [0.2, 0.25) is 0 Å². The van der Waals surface area contributed by atoms with Crippen LogP contribution in [0.5, 0.6) is 11.5 Å². The summed E-state index contributed by atoms with van der Waals surface area (Å²) in [6.45, 7) is 18.0. The number of aliphatic hydroxyl groups excluding tert-OH is 1. The number of benzene rings is 4. The number of alkyl halides is 1. The van der Waals surface area contributed by atoms with E-state index >= 15 is 0 Å². The Labute approximate surface area is 395 Å². The van der Waals surface area contributed by atoms with Crippen LogP contribution < -0.4 is 9.47 Å². The third kappa shape index (κ3) is 19.2. The number of hydrogen-bond donors (Lipinski definition) is 1. The lowest BCUT2D eigenvalue weighted by Crippen LogP contribution is -2.35. The van der Waals surface area contributed by atoms with Gasteiger partial charge in [-0.25, -0.2) is 21.6 Å². The van der Waals surface area contributed by atoms with E-state index in [0.29, 0.717) is 33.8 Å². The zero-order valence-electron chi connectivity index (χ0n) is 39.8. The van der Waals surface area contributed by atoms with Crippen molar-refractivity contribution >= 4 is 47.9 Å². The van der Waals surface area contributed by atoms with E-state index in [2.05, 4.69) is 15.9 Å². The largest absolute Gasteiger partial charge is 0.497 e. The van der Waals surface area contributed by atoms with Gasteiger partial charge in [0.2, 0.25) is 20.0 Å². The van der Waals surface area contributed by atoms with E-state index in [4.69, 9.17) is 23.7 Å². The van der Waals surface area contributed by atoms with Crippen molar-refractivity contribution in [1.29, 1.82) is 0 Å². The highest BCUT2D eigenvalue weighted by molar-refractivity contribution is 9.09. The molecule has 0 heterocycles. The predicted molar refractivity (Wildman–Crippen MR) is 256 cm³/mol. The van der Waals surface area contributed by atoms with Crippen LogP contribution in [-0.2, 0) is 56.9 Å². The minimum absolute atomic E-state index is 0.0438. The molecule has 360 valence electrons. The number of hydrogen-bond acceptors (Lipinski definition) is 12. The summed E-state index contributed by atoms with van der Waals surface area (Å²) in [5.41, 5.74) is 3.23. The molecule has 65 heavy (non-hydrogen) atoms. The molecular formula is C48H67BrN2O12S2. The normalized spacial score (nSPS) is 11.8. The molecule has 0 aliphatic rings. The average molecular weight is 1010 g/mol. The molecule has 0 fully saturated rings. The van der Waals surface area contributed by atoms with Gasteiger partial charge >= 0.3 is 11.9 Å². The number of esters is 2. The van der Waals surface area contributed by atoms with E-state index in [0.717, 1.165) is 11.1 Å². The molecule has 0 saturated carbocycles. The highest BCUT2D eigenvalue weighted by atomic mass is 79.9. The molecular weight excluding hydrogens is 941 g/mol. The van der Waals surface area contributed by atoms with Gasteiger partial charge < -0.3 is 28.8 Å². The SMILES string of the molecule is CC(C)(C)OC(=O)CBr.COc1cc(C)c(S(=O)(=O)N(CCO)Cc2ccccc2)c(C)c1.COc1cc(C)c(S(=O)(=O)N(CCOCC(=O)OC(C)(C)C)Cc2ccccc2)c(C)c1. The molecule has 0 amide bonds. The fourth-order valence-corrected chi connectivity index (χ4v) is 10.2. The molecule has 4 aromatic rings. The number of ether oxygens (including phenoxy) is 5. The first-order valence-electron chi connectivity index (χ1n) is 20.9. The molecule has 1 N–H and O–H groups in total. The van der Waals surface area contributed by atoms with E-state index in [9.17, 15) is 31.5 Å². The van der Waals surface area contributed by atoms with Crippen molar-refractivity contribution in [3.63, 3.8) is 0 Å². The smallest absolute Gasteiger partial charge is 0.332 e. The van der Waals surface area contributed by atoms with Crippen molar-refractivity contribution in [1.82, 2.24) is 8.61 Å². The third-order valence-corrected chi connectivity index (χ3v) is 13.7. The van der Waals surface area contributed by atoms with Crippen LogP contribution >= 0.6 is 15.9 Å². The number of halogens is 1. The van der Waals surface area contributed by atoms with Gasteiger partial charge in [0.1, 0.15) is 34.6 Å². The van der Waals surface area contributed by atoms with Gasteiger partial charge in [0.15, 0.2) is 0 Å². The van der Waals surface area contributed by atoms with Gasteiger partial charge in [-0.2, -0.15) is 8.61 Å². The Bertz CT molecular complexity index is 2300.